The van der Waals surface area contributed by atoms with Crippen LogP contribution in [0.1, 0.15) is 5.69 Å². The summed E-state index contributed by atoms with van der Waals surface area (Å²) >= 11 is 6.00. The number of anilines is 1. The zero-order chi connectivity index (χ0) is 18.7. The number of nitrogens with zero attached hydrogens (tertiary/aromatic N) is 2. The Morgan fingerprint density at radius 2 is 1.73 bits per heavy atom. The van der Waals surface area contributed by atoms with Crippen LogP contribution in [0.4, 0.5) is 5.69 Å². The molecule has 1 heterocycles. The van der Waals surface area contributed by atoms with E-state index in [2.05, 4.69) is 10.4 Å². The molecule has 2 aromatic carbocycles. The summed E-state index contributed by atoms with van der Waals surface area (Å²) in [6.45, 7) is -0.360. The lowest BCUT2D eigenvalue weighted by Gasteiger charge is -2.11. The van der Waals surface area contributed by atoms with Crippen molar-refractivity contribution < 1.29 is 14.7 Å². The Morgan fingerprint density at radius 3 is 2.42 bits per heavy atom. The average Bonchev–Trinajstić information content (AvgIpc) is 2.60. The number of carboxylic acid groups (broad SMARTS) is 1. The molecule has 3 rings (SSSR count). The molecule has 0 radical (unpaired) electrons. The highest BCUT2D eigenvalue weighted by atomic mass is 35.5. The van der Waals surface area contributed by atoms with Crippen molar-refractivity contribution in [3.8, 4) is 0 Å². The lowest BCUT2D eigenvalue weighted by atomic mass is 10.1. The van der Waals surface area contributed by atoms with Crippen molar-refractivity contribution in [1.29, 1.82) is 0 Å². The highest BCUT2D eigenvalue weighted by Gasteiger charge is 2.15. The van der Waals surface area contributed by atoms with E-state index in [1.165, 1.54) is 0 Å². The fourth-order valence-corrected chi connectivity index (χ4v) is 2.76. The van der Waals surface area contributed by atoms with Gasteiger partial charge in [-0.25, -0.2) is 4.68 Å². The standard InChI is InChI=1S/C18H14ClN3O4/c19-13-7-3-4-8-14(13)20-16(23)10-22-18(26)12-6-2-1-5-11(12)15(21-22)9-17(24)25/h1-8H,9-10H2,(H,20,23)(H,24,25). The third kappa shape index (κ3) is 3.73. The number of amides is 1. The lowest BCUT2D eigenvalue weighted by Crippen LogP contribution is -2.31. The number of carboxylic acids is 1. The van der Waals surface area contributed by atoms with E-state index in [1.807, 2.05) is 0 Å². The van der Waals surface area contributed by atoms with Crippen molar-refractivity contribution in [1.82, 2.24) is 9.78 Å². The summed E-state index contributed by atoms with van der Waals surface area (Å²) in [6, 6.07) is 13.3. The molecule has 0 fully saturated rings. The number of halogens is 1. The third-order valence-electron chi connectivity index (χ3n) is 3.70. The van der Waals surface area contributed by atoms with E-state index in [9.17, 15) is 14.4 Å². The smallest absolute Gasteiger partial charge is 0.309 e. The van der Waals surface area contributed by atoms with Crippen LogP contribution in [0.2, 0.25) is 5.02 Å². The van der Waals surface area contributed by atoms with E-state index in [-0.39, 0.29) is 18.7 Å². The highest BCUT2D eigenvalue weighted by molar-refractivity contribution is 6.33. The van der Waals surface area contributed by atoms with Crippen LogP contribution in [-0.2, 0) is 22.6 Å². The number of rotatable bonds is 5. The number of carbonyl (C=O) groups is 2. The first kappa shape index (κ1) is 17.6. The molecule has 8 heteroatoms. The van der Waals surface area contributed by atoms with Gasteiger partial charge < -0.3 is 10.4 Å². The van der Waals surface area contributed by atoms with Gasteiger partial charge in [0.25, 0.3) is 5.56 Å². The number of hydrogen-bond acceptors (Lipinski definition) is 4. The monoisotopic (exact) mass is 371 g/mol. The second-order valence-corrected chi connectivity index (χ2v) is 5.96. The van der Waals surface area contributed by atoms with Gasteiger partial charge in [0.1, 0.15) is 6.54 Å². The topological polar surface area (TPSA) is 101 Å². The Bertz CT molecular complexity index is 1060. The van der Waals surface area contributed by atoms with Gasteiger partial charge in [0.15, 0.2) is 0 Å². The summed E-state index contributed by atoms with van der Waals surface area (Å²) in [5.74, 6) is -1.57. The first-order valence-electron chi connectivity index (χ1n) is 7.70. The fraction of sp³-hybridized carbons (Fsp3) is 0.111. The molecule has 1 aromatic heterocycles. The Labute approximate surface area is 152 Å². The molecule has 3 aromatic rings. The van der Waals surface area contributed by atoms with Crippen LogP contribution in [0.25, 0.3) is 10.8 Å². The van der Waals surface area contributed by atoms with Gasteiger partial charge in [-0.3, -0.25) is 14.4 Å². The molecular weight excluding hydrogens is 358 g/mol. The zero-order valence-electron chi connectivity index (χ0n) is 13.5. The number of benzene rings is 2. The maximum absolute atomic E-state index is 12.6. The van der Waals surface area contributed by atoms with E-state index >= 15 is 0 Å². The maximum Gasteiger partial charge on any atom is 0.309 e. The van der Waals surface area contributed by atoms with Crippen LogP contribution in [0.3, 0.4) is 0 Å². The van der Waals surface area contributed by atoms with Crippen LogP contribution in [0.5, 0.6) is 0 Å². The van der Waals surface area contributed by atoms with Crippen molar-refractivity contribution in [2.24, 2.45) is 0 Å². The summed E-state index contributed by atoms with van der Waals surface area (Å²) in [4.78, 5) is 35.9. The second-order valence-electron chi connectivity index (χ2n) is 5.55. The Hall–Kier alpha value is -3.19. The zero-order valence-corrected chi connectivity index (χ0v) is 14.2. The van der Waals surface area contributed by atoms with E-state index in [1.54, 1.807) is 48.5 Å². The van der Waals surface area contributed by atoms with Gasteiger partial charge >= 0.3 is 5.97 Å². The van der Waals surface area contributed by atoms with Gasteiger partial charge in [-0.15, -0.1) is 0 Å². The summed E-state index contributed by atoms with van der Waals surface area (Å²) < 4.78 is 0.965. The van der Waals surface area contributed by atoms with Crippen molar-refractivity contribution in [2.75, 3.05) is 5.32 Å². The molecule has 7 nitrogen and oxygen atoms in total. The second kappa shape index (κ2) is 7.37. The molecule has 132 valence electrons. The number of hydrogen-bond donors (Lipinski definition) is 2. The Kier molecular flexibility index (Phi) is 4.99. The SMILES string of the molecule is O=C(O)Cc1nn(CC(=O)Nc2ccccc2Cl)c(=O)c2ccccc12. The molecule has 0 aliphatic heterocycles. The molecule has 0 aliphatic carbocycles. The van der Waals surface area contributed by atoms with Crippen LogP contribution < -0.4 is 10.9 Å². The molecule has 2 N–H and O–H groups in total. The van der Waals surface area contributed by atoms with E-state index in [0.29, 0.717) is 21.5 Å². The minimum atomic E-state index is -1.08. The third-order valence-corrected chi connectivity index (χ3v) is 4.03. The molecule has 0 saturated heterocycles. The fourth-order valence-electron chi connectivity index (χ4n) is 2.57. The molecular formula is C18H14ClN3O4. The normalized spacial score (nSPS) is 10.7. The molecule has 0 saturated carbocycles. The van der Waals surface area contributed by atoms with Crippen LogP contribution >= 0.6 is 11.6 Å². The average molecular weight is 372 g/mol. The largest absolute Gasteiger partial charge is 0.481 e. The number of nitrogens with one attached hydrogen (secondary N) is 1. The number of fused-ring (bicyclic) bond motifs is 1. The van der Waals surface area contributed by atoms with E-state index in [0.717, 1.165) is 4.68 Å². The predicted molar refractivity (Wildman–Crippen MR) is 97.4 cm³/mol. The number of aromatic nitrogens is 2. The first-order chi connectivity index (χ1) is 12.5. The van der Waals surface area contributed by atoms with Crippen molar-refractivity contribution in [3.05, 3.63) is 69.6 Å². The number of para-hydroxylation sites is 1. The summed E-state index contributed by atoms with van der Waals surface area (Å²) in [5, 5.41) is 16.9. The maximum atomic E-state index is 12.6. The van der Waals surface area contributed by atoms with Crippen molar-refractivity contribution in [2.45, 2.75) is 13.0 Å². The Morgan fingerprint density at radius 1 is 1.08 bits per heavy atom. The molecule has 0 spiro atoms. The summed E-state index contributed by atoms with van der Waals surface area (Å²) in [6.07, 6.45) is -0.354. The minimum Gasteiger partial charge on any atom is -0.481 e. The predicted octanol–water partition coefficient (Wildman–Crippen LogP) is 2.32. The molecule has 26 heavy (non-hydrogen) atoms. The van der Waals surface area contributed by atoms with Gasteiger partial charge in [0, 0.05) is 5.39 Å². The summed E-state index contributed by atoms with van der Waals surface area (Å²) in [7, 11) is 0. The van der Waals surface area contributed by atoms with E-state index < -0.39 is 17.4 Å². The molecule has 1 amide bonds. The van der Waals surface area contributed by atoms with Gasteiger partial charge in [0.2, 0.25) is 5.91 Å². The van der Waals surface area contributed by atoms with E-state index in [4.69, 9.17) is 16.7 Å². The van der Waals surface area contributed by atoms with Gasteiger partial charge in [-0.05, 0) is 18.2 Å². The number of carbonyl (C=O) groups excluding carboxylic acids is 1. The van der Waals surface area contributed by atoms with Crippen LogP contribution in [0.15, 0.2) is 53.3 Å². The quantitative estimate of drug-likeness (QED) is 0.716. The van der Waals surface area contributed by atoms with Gasteiger partial charge in [-0.2, -0.15) is 5.10 Å². The molecule has 0 aliphatic rings. The highest BCUT2D eigenvalue weighted by Crippen LogP contribution is 2.20. The molecule has 0 bridgehead atoms. The van der Waals surface area contributed by atoms with Gasteiger partial charge in [0.05, 0.1) is 28.2 Å². The summed E-state index contributed by atoms with van der Waals surface area (Å²) in [5.41, 5.74) is 0.168. The minimum absolute atomic E-state index is 0.221. The number of aliphatic carboxylic acids is 1. The lowest BCUT2D eigenvalue weighted by molar-refractivity contribution is -0.136. The Balaban J connectivity index is 1.95. The molecule has 0 unspecified atom stereocenters. The molecule has 0 atom stereocenters. The first-order valence-corrected chi connectivity index (χ1v) is 8.08. The van der Waals surface area contributed by atoms with Gasteiger partial charge in [-0.1, -0.05) is 41.9 Å². The van der Waals surface area contributed by atoms with Crippen molar-refractivity contribution in [3.63, 3.8) is 0 Å². The van der Waals surface area contributed by atoms with Crippen molar-refractivity contribution >= 4 is 39.9 Å². The van der Waals surface area contributed by atoms with Crippen LogP contribution in [-0.4, -0.2) is 26.8 Å². The van der Waals surface area contributed by atoms with Crippen LogP contribution in [0, 0.1) is 0 Å².